The van der Waals surface area contributed by atoms with E-state index in [1.54, 1.807) is 18.2 Å². The van der Waals surface area contributed by atoms with E-state index in [4.69, 9.17) is 4.74 Å². The number of anilines is 1. The molecule has 3 aromatic rings. The molecule has 2 aromatic carbocycles. The number of nitrogens with zero attached hydrogens (tertiary/aromatic N) is 2. The lowest BCUT2D eigenvalue weighted by Gasteiger charge is -2.09. The highest BCUT2D eigenvalue weighted by Crippen LogP contribution is 2.39. The van der Waals surface area contributed by atoms with Crippen molar-refractivity contribution in [1.29, 1.82) is 0 Å². The third-order valence-corrected chi connectivity index (χ3v) is 4.47. The summed E-state index contributed by atoms with van der Waals surface area (Å²) in [5.41, 5.74) is 1.36. The van der Waals surface area contributed by atoms with E-state index < -0.39 is 30.1 Å². The molecule has 1 N–H and O–H groups in total. The first-order chi connectivity index (χ1) is 14.0. The highest BCUT2D eigenvalue weighted by Gasteiger charge is 2.29. The fourth-order valence-electron chi connectivity index (χ4n) is 2.87. The van der Waals surface area contributed by atoms with E-state index in [1.165, 1.54) is 4.68 Å². The van der Waals surface area contributed by atoms with Crippen LogP contribution in [0, 0.1) is 11.6 Å². The Labute approximate surface area is 165 Å². The Kier molecular flexibility index (Phi) is 5.07. The number of nitrogens with one attached hydrogen (secondary N) is 1. The number of amides is 1. The van der Waals surface area contributed by atoms with Crippen LogP contribution in [0.3, 0.4) is 0 Å². The molecule has 0 bridgehead atoms. The molecule has 1 amide bonds. The van der Waals surface area contributed by atoms with Crippen LogP contribution in [-0.2, 0) is 9.53 Å². The SMILES string of the molecule is O=C(COC(=O)c1cc(C2CC2)nn1-c1ccccc1)Nc1cc(F)ccc1F. The van der Waals surface area contributed by atoms with Crippen molar-refractivity contribution in [3.8, 4) is 5.69 Å². The molecule has 1 fully saturated rings. The molecule has 1 heterocycles. The maximum atomic E-state index is 13.6. The Morgan fingerprint density at radius 1 is 1.10 bits per heavy atom. The maximum absolute atomic E-state index is 13.6. The van der Waals surface area contributed by atoms with E-state index in [-0.39, 0.29) is 11.4 Å². The average molecular weight is 397 g/mol. The minimum Gasteiger partial charge on any atom is -0.451 e. The van der Waals surface area contributed by atoms with Crippen molar-refractivity contribution in [2.45, 2.75) is 18.8 Å². The Bertz CT molecular complexity index is 1060. The number of hydrogen-bond acceptors (Lipinski definition) is 4. The Balaban J connectivity index is 1.47. The van der Waals surface area contributed by atoms with Gasteiger partial charge in [-0.2, -0.15) is 5.10 Å². The van der Waals surface area contributed by atoms with E-state index in [1.807, 2.05) is 18.2 Å². The van der Waals surface area contributed by atoms with Crippen molar-refractivity contribution in [3.05, 3.63) is 77.6 Å². The van der Waals surface area contributed by atoms with Gasteiger partial charge in [-0.3, -0.25) is 4.79 Å². The normalized spacial score (nSPS) is 13.2. The monoisotopic (exact) mass is 397 g/mol. The van der Waals surface area contributed by atoms with Gasteiger partial charge < -0.3 is 10.1 Å². The highest BCUT2D eigenvalue weighted by atomic mass is 19.1. The second-order valence-electron chi connectivity index (χ2n) is 6.72. The lowest BCUT2D eigenvalue weighted by molar-refractivity contribution is -0.119. The summed E-state index contributed by atoms with van der Waals surface area (Å²) < 4.78 is 33.4. The summed E-state index contributed by atoms with van der Waals surface area (Å²) in [6.45, 7) is -0.645. The van der Waals surface area contributed by atoms with Crippen LogP contribution in [0.2, 0.25) is 0 Å². The van der Waals surface area contributed by atoms with Gasteiger partial charge in [0, 0.05) is 12.0 Å². The number of esters is 1. The van der Waals surface area contributed by atoms with E-state index in [2.05, 4.69) is 10.4 Å². The van der Waals surface area contributed by atoms with Gasteiger partial charge in [-0.15, -0.1) is 0 Å². The number of para-hydroxylation sites is 1. The number of benzene rings is 2. The van der Waals surface area contributed by atoms with Crippen LogP contribution in [0.25, 0.3) is 5.69 Å². The molecule has 0 spiro atoms. The standard InChI is InChI=1S/C21H17F2N3O3/c22-14-8-9-16(23)18(10-14)24-20(27)12-29-21(28)19-11-17(13-6-7-13)25-26(19)15-4-2-1-3-5-15/h1-5,8-11,13H,6-7,12H2,(H,24,27). The Morgan fingerprint density at radius 3 is 2.59 bits per heavy atom. The minimum absolute atomic E-state index is 0.197. The zero-order chi connectivity index (χ0) is 20.4. The summed E-state index contributed by atoms with van der Waals surface area (Å²) in [4.78, 5) is 24.6. The lowest BCUT2D eigenvalue weighted by atomic mass is 10.2. The molecule has 1 aromatic heterocycles. The summed E-state index contributed by atoms with van der Waals surface area (Å²) in [5, 5.41) is 6.69. The predicted molar refractivity (Wildman–Crippen MR) is 101 cm³/mol. The molecular weight excluding hydrogens is 380 g/mol. The average Bonchev–Trinajstić information content (AvgIpc) is 3.48. The van der Waals surface area contributed by atoms with Crippen LogP contribution in [0.5, 0.6) is 0 Å². The van der Waals surface area contributed by atoms with Gasteiger partial charge in [0.1, 0.15) is 11.6 Å². The molecule has 0 unspecified atom stereocenters. The molecule has 8 heteroatoms. The second-order valence-corrected chi connectivity index (χ2v) is 6.72. The molecule has 6 nitrogen and oxygen atoms in total. The molecular formula is C21H17F2N3O3. The molecule has 0 radical (unpaired) electrons. The number of hydrogen-bond donors (Lipinski definition) is 1. The van der Waals surface area contributed by atoms with Crippen molar-refractivity contribution >= 4 is 17.6 Å². The number of carbonyl (C=O) groups is 2. The number of aromatic nitrogens is 2. The molecule has 29 heavy (non-hydrogen) atoms. The molecule has 0 saturated heterocycles. The molecule has 1 aliphatic carbocycles. The first kappa shape index (κ1) is 18.8. The Morgan fingerprint density at radius 2 is 1.86 bits per heavy atom. The molecule has 1 aliphatic rings. The largest absolute Gasteiger partial charge is 0.451 e. The van der Waals surface area contributed by atoms with Gasteiger partial charge in [-0.25, -0.2) is 18.3 Å². The smallest absolute Gasteiger partial charge is 0.357 e. The zero-order valence-corrected chi connectivity index (χ0v) is 15.3. The zero-order valence-electron chi connectivity index (χ0n) is 15.3. The Hall–Kier alpha value is -3.55. The lowest BCUT2D eigenvalue weighted by Crippen LogP contribution is -2.22. The summed E-state index contributed by atoms with van der Waals surface area (Å²) >= 11 is 0. The van der Waals surface area contributed by atoms with E-state index in [9.17, 15) is 18.4 Å². The first-order valence-corrected chi connectivity index (χ1v) is 9.08. The van der Waals surface area contributed by atoms with Gasteiger partial charge in [0.05, 0.1) is 17.1 Å². The minimum atomic E-state index is -0.790. The highest BCUT2D eigenvalue weighted by molar-refractivity contribution is 5.95. The van der Waals surface area contributed by atoms with Gasteiger partial charge in [-0.1, -0.05) is 18.2 Å². The van der Waals surface area contributed by atoms with E-state index in [0.29, 0.717) is 11.6 Å². The molecule has 1 saturated carbocycles. The summed E-state index contributed by atoms with van der Waals surface area (Å²) in [6.07, 6.45) is 2.03. The molecule has 148 valence electrons. The van der Waals surface area contributed by atoms with Crippen molar-refractivity contribution in [1.82, 2.24) is 9.78 Å². The van der Waals surface area contributed by atoms with Crippen LogP contribution in [-0.4, -0.2) is 28.3 Å². The van der Waals surface area contributed by atoms with E-state index in [0.717, 1.165) is 36.7 Å². The molecule has 4 rings (SSSR count). The van der Waals surface area contributed by atoms with E-state index >= 15 is 0 Å². The van der Waals surface area contributed by atoms with Crippen molar-refractivity contribution in [2.24, 2.45) is 0 Å². The van der Waals surface area contributed by atoms with Crippen molar-refractivity contribution in [3.63, 3.8) is 0 Å². The summed E-state index contributed by atoms with van der Waals surface area (Å²) in [5.74, 6) is -2.68. The predicted octanol–water partition coefficient (Wildman–Crippen LogP) is 3.82. The quantitative estimate of drug-likeness (QED) is 0.642. The van der Waals surface area contributed by atoms with Crippen LogP contribution >= 0.6 is 0 Å². The first-order valence-electron chi connectivity index (χ1n) is 9.08. The number of rotatable bonds is 6. The number of halogens is 2. The van der Waals surface area contributed by atoms with Gasteiger partial charge in [0.2, 0.25) is 0 Å². The van der Waals surface area contributed by atoms with Gasteiger partial charge >= 0.3 is 5.97 Å². The third kappa shape index (κ3) is 4.31. The fraction of sp³-hybridized carbons (Fsp3) is 0.190. The third-order valence-electron chi connectivity index (χ3n) is 4.47. The second kappa shape index (κ2) is 7.83. The fourth-order valence-corrected chi connectivity index (χ4v) is 2.87. The van der Waals surface area contributed by atoms with Crippen molar-refractivity contribution < 1.29 is 23.1 Å². The van der Waals surface area contributed by atoms with Crippen LogP contribution in [0.4, 0.5) is 14.5 Å². The van der Waals surface area contributed by atoms with Gasteiger partial charge in [0.25, 0.3) is 5.91 Å². The van der Waals surface area contributed by atoms with Gasteiger partial charge in [0.15, 0.2) is 12.3 Å². The van der Waals surface area contributed by atoms with Crippen molar-refractivity contribution in [2.75, 3.05) is 11.9 Å². The molecule has 0 atom stereocenters. The molecule has 0 aliphatic heterocycles. The van der Waals surface area contributed by atoms with Crippen LogP contribution in [0.15, 0.2) is 54.6 Å². The number of ether oxygens (including phenoxy) is 1. The topological polar surface area (TPSA) is 73.2 Å². The maximum Gasteiger partial charge on any atom is 0.357 e. The van der Waals surface area contributed by atoms with Crippen LogP contribution < -0.4 is 5.32 Å². The summed E-state index contributed by atoms with van der Waals surface area (Å²) in [7, 11) is 0. The van der Waals surface area contributed by atoms with Gasteiger partial charge in [-0.05, 0) is 43.2 Å². The summed E-state index contributed by atoms with van der Waals surface area (Å²) in [6, 6.07) is 13.5. The number of carbonyl (C=O) groups excluding carboxylic acids is 2. The van der Waals surface area contributed by atoms with Crippen LogP contribution in [0.1, 0.15) is 34.9 Å².